The number of carbonyl (C=O) groups excluding carboxylic acids is 1. The SMILES string of the molecule is CN1CCC(NCc2ccc3cnccc3c2)C1=O. The molecule has 1 aliphatic rings. The van der Waals surface area contributed by atoms with E-state index in [9.17, 15) is 4.79 Å². The second-order valence-corrected chi connectivity index (χ2v) is 5.04. The molecular formula is C15H17N3O. The molecule has 1 aromatic carbocycles. The molecule has 4 heteroatoms. The molecule has 1 N–H and O–H groups in total. The molecule has 3 rings (SSSR count). The van der Waals surface area contributed by atoms with Crippen LogP contribution in [0, 0.1) is 0 Å². The molecule has 1 unspecified atom stereocenters. The molecule has 1 atom stereocenters. The number of rotatable bonds is 3. The summed E-state index contributed by atoms with van der Waals surface area (Å²) in [6, 6.07) is 8.28. The Morgan fingerprint density at radius 1 is 1.37 bits per heavy atom. The molecule has 0 bridgehead atoms. The average molecular weight is 255 g/mol. The van der Waals surface area contributed by atoms with Crippen LogP contribution >= 0.6 is 0 Å². The summed E-state index contributed by atoms with van der Waals surface area (Å²) in [7, 11) is 1.85. The quantitative estimate of drug-likeness (QED) is 0.905. The van der Waals surface area contributed by atoms with E-state index in [1.165, 1.54) is 10.9 Å². The first-order valence-corrected chi connectivity index (χ1v) is 6.55. The van der Waals surface area contributed by atoms with E-state index in [1.54, 1.807) is 11.1 Å². The fourth-order valence-corrected chi connectivity index (χ4v) is 2.50. The molecule has 2 heterocycles. The average Bonchev–Trinajstić information content (AvgIpc) is 2.76. The van der Waals surface area contributed by atoms with Gasteiger partial charge in [0, 0.05) is 37.9 Å². The topological polar surface area (TPSA) is 45.2 Å². The van der Waals surface area contributed by atoms with E-state index in [2.05, 4.69) is 28.5 Å². The minimum Gasteiger partial charge on any atom is -0.344 e. The lowest BCUT2D eigenvalue weighted by Gasteiger charge is -2.12. The molecule has 4 nitrogen and oxygen atoms in total. The molecule has 1 amide bonds. The van der Waals surface area contributed by atoms with Crippen LogP contribution in [0.5, 0.6) is 0 Å². The third kappa shape index (κ3) is 2.44. The highest BCUT2D eigenvalue weighted by molar-refractivity contribution is 5.84. The molecule has 0 spiro atoms. The molecule has 1 aromatic heterocycles. The van der Waals surface area contributed by atoms with Crippen molar-refractivity contribution in [1.29, 1.82) is 0 Å². The molecular weight excluding hydrogens is 238 g/mol. The van der Waals surface area contributed by atoms with Crippen molar-refractivity contribution in [3.05, 3.63) is 42.2 Å². The summed E-state index contributed by atoms with van der Waals surface area (Å²) in [6.07, 6.45) is 4.56. The van der Waals surface area contributed by atoms with Gasteiger partial charge in [0.05, 0.1) is 6.04 Å². The zero-order valence-electron chi connectivity index (χ0n) is 11.0. The Bertz CT molecular complexity index is 611. The maximum atomic E-state index is 11.8. The first-order chi connectivity index (χ1) is 9.24. The molecule has 0 saturated carbocycles. The van der Waals surface area contributed by atoms with Crippen molar-refractivity contribution in [2.24, 2.45) is 0 Å². The Kier molecular flexibility index (Phi) is 3.17. The van der Waals surface area contributed by atoms with Gasteiger partial charge in [-0.3, -0.25) is 9.78 Å². The van der Waals surface area contributed by atoms with Gasteiger partial charge in [0.25, 0.3) is 0 Å². The van der Waals surface area contributed by atoms with E-state index < -0.39 is 0 Å². The number of benzene rings is 1. The van der Waals surface area contributed by atoms with Crippen LogP contribution in [0.15, 0.2) is 36.7 Å². The summed E-state index contributed by atoms with van der Waals surface area (Å²) in [5.41, 5.74) is 1.20. The van der Waals surface area contributed by atoms with Crippen molar-refractivity contribution < 1.29 is 4.79 Å². The third-order valence-corrected chi connectivity index (χ3v) is 3.69. The lowest BCUT2D eigenvalue weighted by molar-refractivity contribution is -0.128. The number of carbonyl (C=O) groups is 1. The largest absolute Gasteiger partial charge is 0.344 e. The maximum absolute atomic E-state index is 11.8. The number of pyridine rings is 1. The Morgan fingerprint density at radius 2 is 2.26 bits per heavy atom. The monoisotopic (exact) mass is 255 g/mol. The summed E-state index contributed by atoms with van der Waals surface area (Å²) >= 11 is 0. The van der Waals surface area contributed by atoms with Gasteiger partial charge in [0.15, 0.2) is 0 Å². The number of nitrogens with zero attached hydrogens (tertiary/aromatic N) is 2. The molecule has 0 aliphatic carbocycles. The van der Waals surface area contributed by atoms with Gasteiger partial charge >= 0.3 is 0 Å². The summed E-state index contributed by atoms with van der Waals surface area (Å²) in [4.78, 5) is 17.7. The maximum Gasteiger partial charge on any atom is 0.239 e. The summed E-state index contributed by atoms with van der Waals surface area (Å²) in [6.45, 7) is 1.57. The normalized spacial score (nSPS) is 19.3. The molecule has 1 fully saturated rings. The van der Waals surface area contributed by atoms with Crippen molar-refractivity contribution in [2.75, 3.05) is 13.6 Å². The summed E-state index contributed by atoms with van der Waals surface area (Å²) < 4.78 is 0. The number of aromatic nitrogens is 1. The smallest absolute Gasteiger partial charge is 0.239 e. The molecule has 2 aromatic rings. The van der Waals surface area contributed by atoms with Crippen LogP contribution in [0.4, 0.5) is 0 Å². The predicted molar refractivity (Wildman–Crippen MR) is 74.6 cm³/mol. The number of likely N-dealkylation sites (tertiary alicyclic amines) is 1. The van der Waals surface area contributed by atoms with Gasteiger partial charge in [0.2, 0.25) is 5.91 Å². The number of nitrogens with one attached hydrogen (secondary N) is 1. The van der Waals surface area contributed by atoms with Crippen LogP contribution in [0.25, 0.3) is 10.8 Å². The Balaban J connectivity index is 1.70. The van der Waals surface area contributed by atoms with Gasteiger partial charge in [-0.2, -0.15) is 0 Å². The van der Waals surface area contributed by atoms with E-state index in [1.807, 2.05) is 19.3 Å². The number of likely N-dealkylation sites (N-methyl/N-ethyl adjacent to an activating group) is 1. The van der Waals surface area contributed by atoms with Crippen LogP contribution in [0.2, 0.25) is 0 Å². The van der Waals surface area contributed by atoms with Gasteiger partial charge in [0.1, 0.15) is 0 Å². The Hall–Kier alpha value is -1.94. The Labute approximate surface area is 112 Å². The number of hydrogen-bond acceptors (Lipinski definition) is 3. The molecule has 98 valence electrons. The Morgan fingerprint density at radius 3 is 3.05 bits per heavy atom. The third-order valence-electron chi connectivity index (χ3n) is 3.69. The van der Waals surface area contributed by atoms with Crippen molar-refractivity contribution >= 4 is 16.7 Å². The van der Waals surface area contributed by atoms with Crippen molar-refractivity contribution in [3.8, 4) is 0 Å². The number of amides is 1. The highest BCUT2D eigenvalue weighted by Crippen LogP contribution is 2.15. The van der Waals surface area contributed by atoms with Gasteiger partial charge in [-0.05, 0) is 29.5 Å². The van der Waals surface area contributed by atoms with E-state index in [0.29, 0.717) is 0 Å². The van der Waals surface area contributed by atoms with Gasteiger partial charge in [-0.25, -0.2) is 0 Å². The van der Waals surface area contributed by atoms with Crippen molar-refractivity contribution in [1.82, 2.24) is 15.2 Å². The highest BCUT2D eigenvalue weighted by Gasteiger charge is 2.28. The first-order valence-electron chi connectivity index (χ1n) is 6.55. The summed E-state index contributed by atoms with van der Waals surface area (Å²) in [5.74, 6) is 0.199. The molecule has 1 aliphatic heterocycles. The van der Waals surface area contributed by atoms with Crippen LogP contribution < -0.4 is 5.32 Å². The van der Waals surface area contributed by atoms with Crippen LogP contribution in [-0.2, 0) is 11.3 Å². The van der Waals surface area contributed by atoms with Gasteiger partial charge < -0.3 is 10.2 Å². The highest BCUT2D eigenvalue weighted by atomic mass is 16.2. The first kappa shape index (κ1) is 12.1. The van der Waals surface area contributed by atoms with Gasteiger partial charge in [-0.15, -0.1) is 0 Å². The molecule has 19 heavy (non-hydrogen) atoms. The van der Waals surface area contributed by atoms with Crippen molar-refractivity contribution in [3.63, 3.8) is 0 Å². The zero-order chi connectivity index (χ0) is 13.2. The van der Waals surface area contributed by atoms with Crippen LogP contribution in [0.3, 0.4) is 0 Å². The van der Waals surface area contributed by atoms with E-state index >= 15 is 0 Å². The minimum atomic E-state index is -0.0295. The number of hydrogen-bond donors (Lipinski definition) is 1. The second kappa shape index (κ2) is 4.97. The van der Waals surface area contributed by atoms with E-state index in [-0.39, 0.29) is 11.9 Å². The zero-order valence-corrected chi connectivity index (χ0v) is 11.0. The lowest BCUT2D eigenvalue weighted by Crippen LogP contribution is -2.36. The van der Waals surface area contributed by atoms with E-state index in [0.717, 1.165) is 24.9 Å². The number of fused-ring (bicyclic) bond motifs is 1. The van der Waals surface area contributed by atoms with Crippen molar-refractivity contribution in [2.45, 2.75) is 19.0 Å². The van der Waals surface area contributed by atoms with Crippen LogP contribution in [-0.4, -0.2) is 35.4 Å². The predicted octanol–water partition coefficient (Wildman–Crippen LogP) is 1.56. The summed E-state index contributed by atoms with van der Waals surface area (Å²) in [5, 5.41) is 5.66. The standard InChI is InChI=1S/C15H17N3O/c1-18-7-5-14(15(18)19)17-9-11-2-3-13-10-16-6-4-12(13)8-11/h2-4,6,8,10,14,17H,5,7,9H2,1H3. The fourth-order valence-electron chi connectivity index (χ4n) is 2.50. The van der Waals surface area contributed by atoms with E-state index in [4.69, 9.17) is 0 Å². The van der Waals surface area contributed by atoms with Gasteiger partial charge in [-0.1, -0.05) is 12.1 Å². The molecule has 0 radical (unpaired) electrons. The fraction of sp³-hybridized carbons (Fsp3) is 0.333. The minimum absolute atomic E-state index is 0.0295. The van der Waals surface area contributed by atoms with Crippen LogP contribution in [0.1, 0.15) is 12.0 Å². The lowest BCUT2D eigenvalue weighted by atomic mass is 10.1. The molecule has 1 saturated heterocycles. The second-order valence-electron chi connectivity index (χ2n) is 5.04.